The van der Waals surface area contributed by atoms with E-state index in [4.69, 9.17) is 10.3 Å². The molecular formula is C10H14N2O4S2. The van der Waals surface area contributed by atoms with Crippen molar-refractivity contribution in [2.24, 2.45) is 0 Å². The highest BCUT2D eigenvalue weighted by molar-refractivity contribution is 7.99. The minimum absolute atomic E-state index is 0.110. The average Bonchev–Trinajstić information content (AvgIpc) is 2.19. The normalized spacial score (nSPS) is 11.3. The lowest BCUT2D eigenvalue weighted by Gasteiger charge is -2.12. The fourth-order valence-corrected chi connectivity index (χ4v) is 2.84. The molecule has 4 N–H and O–H groups in total. The van der Waals surface area contributed by atoms with Gasteiger partial charge >= 0.3 is 0 Å². The van der Waals surface area contributed by atoms with Gasteiger partial charge in [0.1, 0.15) is 4.90 Å². The quantitative estimate of drug-likeness (QED) is 0.441. The van der Waals surface area contributed by atoms with E-state index in [2.05, 4.69) is 5.32 Å². The van der Waals surface area contributed by atoms with E-state index in [-0.39, 0.29) is 16.5 Å². The Labute approximate surface area is 110 Å². The number of nitrogen functional groups attached to an aromatic ring is 1. The van der Waals surface area contributed by atoms with E-state index >= 15 is 0 Å². The minimum atomic E-state index is -4.37. The molecule has 0 radical (unpaired) electrons. The Hall–Kier alpha value is -1.25. The third-order valence-electron chi connectivity index (χ3n) is 2.00. The molecule has 0 aliphatic carbocycles. The molecule has 0 aliphatic rings. The molecule has 0 aromatic heterocycles. The van der Waals surface area contributed by atoms with Crippen molar-refractivity contribution in [3.05, 3.63) is 12.1 Å². The van der Waals surface area contributed by atoms with Crippen LogP contribution in [0.4, 0.5) is 11.4 Å². The second-order valence-corrected chi connectivity index (χ2v) is 6.17. The van der Waals surface area contributed by atoms with Crippen LogP contribution in [-0.4, -0.2) is 24.6 Å². The van der Waals surface area contributed by atoms with Crippen molar-refractivity contribution in [2.45, 2.75) is 23.6 Å². The van der Waals surface area contributed by atoms with E-state index in [1.54, 1.807) is 0 Å². The Kier molecular flexibility index (Phi) is 4.60. The topological polar surface area (TPSA) is 109 Å². The van der Waals surface area contributed by atoms with Gasteiger partial charge in [-0.1, -0.05) is 6.92 Å². The summed E-state index contributed by atoms with van der Waals surface area (Å²) in [6.07, 6.45) is 0. The first-order valence-corrected chi connectivity index (χ1v) is 7.49. The maximum atomic E-state index is 11.1. The molecule has 0 saturated carbocycles. The summed E-state index contributed by atoms with van der Waals surface area (Å²) in [5, 5.41) is 2.56. The number of carbonyl (C=O) groups is 1. The van der Waals surface area contributed by atoms with E-state index in [0.29, 0.717) is 16.3 Å². The number of nitrogens with two attached hydrogens (primary N) is 1. The number of carbonyl (C=O) groups excluding carboxylic acids is 1. The van der Waals surface area contributed by atoms with Crippen molar-refractivity contribution in [1.82, 2.24) is 0 Å². The molecule has 1 amide bonds. The zero-order valence-corrected chi connectivity index (χ0v) is 11.6. The van der Waals surface area contributed by atoms with Crippen LogP contribution in [0, 0.1) is 0 Å². The van der Waals surface area contributed by atoms with Crippen LogP contribution in [-0.2, 0) is 14.9 Å². The molecule has 1 aromatic carbocycles. The maximum Gasteiger partial charge on any atom is 0.296 e. The van der Waals surface area contributed by atoms with Gasteiger partial charge in [0.15, 0.2) is 0 Å². The van der Waals surface area contributed by atoms with Crippen molar-refractivity contribution < 1.29 is 17.8 Å². The third-order valence-corrected chi connectivity index (χ3v) is 3.85. The van der Waals surface area contributed by atoms with Gasteiger partial charge in [0.05, 0.1) is 11.4 Å². The Morgan fingerprint density at radius 2 is 2.11 bits per heavy atom. The summed E-state index contributed by atoms with van der Waals surface area (Å²) in [7, 11) is -4.37. The van der Waals surface area contributed by atoms with E-state index < -0.39 is 10.1 Å². The summed E-state index contributed by atoms with van der Waals surface area (Å²) in [4.78, 5) is 11.2. The Morgan fingerprint density at radius 3 is 2.56 bits per heavy atom. The number of benzene rings is 1. The molecule has 8 heteroatoms. The summed E-state index contributed by atoms with van der Waals surface area (Å²) in [6.45, 7) is 3.22. The van der Waals surface area contributed by atoms with Gasteiger partial charge in [-0.3, -0.25) is 9.35 Å². The van der Waals surface area contributed by atoms with Crippen molar-refractivity contribution in [3.8, 4) is 0 Å². The van der Waals surface area contributed by atoms with E-state index in [9.17, 15) is 13.2 Å². The maximum absolute atomic E-state index is 11.1. The third kappa shape index (κ3) is 3.62. The fourth-order valence-electron chi connectivity index (χ4n) is 1.36. The lowest BCUT2D eigenvalue weighted by molar-refractivity contribution is -0.114. The molecule has 0 bridgehead atoms. The van der Waals surface area contributed by atoms with E-state index in [0.717, 1.165) is 0 Å². The molecule has 0 aliphatic heterocycles. The standard InChI is InChI=1S/C10H14N2O4S2/c1-3-17-9-5-10(18(14,15)16)7(11)4-8(9)12-6(2)13/h4-5H,3,11H2,1-2H3,(H,12,13)(H,14,15,16). The molecule has 0 saturated heterocycles. The van der Waals surface area contributed by atoms with Crippen LogP contribution in [0.15, 0.2) is 21.9 Å². The Balaban J connectivity index is 3.38. The van der Waals surface area contributed by atoms with E-state index in [1.807, 2.05) is 6.92 Å². The molecule has 0 heterocycles. The molecule has 0 fully saturated rings. The summed E-state index contributed by atoms with van der Waals surface area (Å²) < 4.78 is 31.3. The number of nitrogens with one attached hydrogen (secondary N) is 1. The van der Waals surface area contributed by atoms with Crippen LogP contribution >= 0.6 is 11.8 Å². The van der Waals surface area contributed by atoms with Crippen molar-refractivity contribution in [3.63, 3.8) is 0 Å². The molecule has 18 heavy (non-hydrogen) atoms. The van der Waals surface area contributed by atoms with Crippen molar-refractivity contribution >= 4 is 39.2 Å². The van der Waals surface area contributed by atoms with Gasteiger partial charge in [0, 0.05) is 11.8 Å². The monoisotopic (exact) mass is 290 g/mol. The number of hydrogen-bond donors (Lipinski definition) is 3. The van der Waals surface area contributed by atoms with Gasteiger partial charge in [0.25, 0.3) is 10.1 Å². The van der Waals surface area contributed by atoms with Gasteiger partial charge in [-0.05, 0) is 17.9 Å². The Bertz CT molecular complexity index is 569. The predicted octanol–water partition coefficient (Wildman–Crippen LogP) is 1.59. The van der Waals surface area contributed by atoms with Crippen LogP contribution in [0.1, 0.15) is 13.8 Å². The lowest BCUT2D eigenvalue weighted by atomic mass is 10.3. The highest BCUT2D eigenvalue weighted by atomic mass is 32.2. The summed E-state index contributed by atoms with van der Waals surface area (Å²) in [6, 6.07) is 2.58. The van der Waals surface area contributed by atoms with E-state index in [1.165, 1.54) is 30.8 Å². The number of anilines is 2. The Morgan fingerprint density at radius 1 is 1.50 bits per heavy atom. The summed E-state index contributed by atoms with van der Waals surface area (Å²) >= 11 is 1.34. The van der Waals surface area contributed by atoms with Crippen LogP contribution in [0.5, 0.6) is 0 Å². The first kappa shape index (κ1) is 14.8. The zero-order chi connectivity index (χ0) is 13.9. The van der Waals surface area contributed by atoms with Gasteiger partial charge < -0.3 is 11.1 Å². The fraction of sp³-hybridized carbons (Fsp3) is 0.300. The molecule has 1 aromatic rings. The second kappa shape index (κ2) is 5.59. The molecule has 0 spiro atoms. The highest BCUT2D eigenvalue weighted by Crippen LogP contribution is 2.33. The number of amides is 1. The largest absolute Gasteiger partial charge is 0.398 e. The molecule has 0 atom stereocenters. The molecule has 0 unspecified atom stereocenters. The summed E-state index contributed by atoms with van der Waals surface area (Å²) in [5.41, 5.74) is 5.87. The number of rotatable bonds is 4. The van der Waals surface area contributed by atoms with Gasteiger partial charge in [-0.15, -0.1) is 11.8 Å². The van der Waals surface area contributed by atoms with Crippen molar-refractivity contribution in [2.75, 3.05) is 16.8 Å². The number of hydrogen-bond acceptors (Lipinski definition) is 5. The van der Waals surface area contributed by atoms with Crippen molar-refractivity contribution in [1.29, 1.82) is 0 Å². The van der Waals surface area contributed by atoms with Gasteiger partial charge in [-0.2, -0.15) is 8.42 Å². The SMILES string of the molecule is CCSc1cc(S(=O)(=O)O)c(N)cc1NC(C)=O. The zero-order valence-electron chi connectivity index (χ0n) is 9.93. The highest BCUT2D eigenvalue weighted by Gasteiger charge is 2.18. The van der Waals surface area contributed by atoms with Crippen LogP contribution in [0.2, 0.25) is 0 Å². The minimum Gasteiger partial charge on any atom is -0.398 e. The number of thioether (sulfide) groups is 1. The molecule has 1 rings (SSSR count). The smallest absolute Gasteiger partial charge is 0.296 e. The van der Waals surface area contributed by atoms with Gasteiger partial charge in [0.2, 0.25) is 5.91 Å². The van der Waals surface area contributed by atoms with Crippen LogP contribution in [0.25, 0.3) is 0 Å². The molecular weight excluding hydrogens is 276 g/mol. The predicted molar refractivity (Wildman–Crippen MR) is 71.4 cm³/mol. The second-order valence-electron chi connectivity index (χ2n) is 3.48. The van der Waals surface area contributed by atoms with Gasteiger partial charge in [-0.25, -0.2) is 0 Å². The first-order chi connectivity index (χ1) is 8.25. The lowest BCUT2D eigenvalue weighted by Crippen LogP contribution is -2.10. The van der Waals surface area contributed by atoms with Crippen LogP contribution < -0.4 is 11.1 Å². The average molecular weight is 290 g/mol. The van der Waals surface area contributed by atoms with Crippen LogP contribution in [0.3, 0.4) is 0 Å². The summed E-state index contributed by atoms with van der Waals surface area (Å²) in [5.74, 6) is 0.397. The molecule has 100 valence electrons. The molecule has 6 nitrogen and oxygen atoms in total. The first-order valence-electron chi connectivity index (χ1n) is 5.07.